The summed E-state index contributed by atoms with van der Waals surface area (Å²) in [5, 5.41) is 3.25. The van der Waals surface area contributed by atoms with Crippen LogP contribution in [0.3, 0.4) is 0 Å². The van der Waals surface area contributed by atoms with Gasteiger partial charge in [0.15, 0.2) is 0 Å². The molecule has 0 aliphatic carbocycles. The maximum absolute atomic E-state index is 14.3. The number of nitrogens with two attached hydrogens (primary N) is 1. The van der Waals surface area contributed by atoms with E-state index in [0.717, 1.165) is 11.3 Å². The number of ether oxygens (including phenoxy) is 1. The van der Waals surface area contributed by atoms with Crippen molar-refractivity contribution in [3.05, 3.63) is 73.6 Å². The smallest absolute Gasteiger partial charge is 0.246 e. The van der Waals surface area contributed by atoms with Crippen LogP contribution in [0.25, 0.3) is 11.1 Å². The van der Waals surface area contributed by atoms with Gasteiger partial charge in [0.2, 0.25) is 5.91 Å². The number of nitrogens with one attached hydrogen (secondary N) is 1. The van der Waals surface area contributed by atoms with Crippen LogP contribution < -0.4 is 15.8 Å². The number of anilines is 2. The number of likely N-dealkylation sites (tertiary alicyclic amines) is 1. The Morgan fingerprint density at radius 3 is 2.56 bits per heavy atom. The van der Waals surface area contributed by atoms with Gasteiger partial charge in [0.1, 0.15) is 35.6 Å². The molecule has 0 radical (unpaired) electrons. The van der Waals surface area contributed by atoms with Crippen molar-refractivity contribution in [2.45, 2.75) is 18.6 Å². The van der Waals surface area contributed by atoms with Gasteiger partial charge in [0.25, 0.3) is 0 Å². The first kappa shape index (κ1) is 21.3. The summed E-state index contributed by atoms with van der Waals surface area (Å²) in [6.07, 6.45) is 1.68. The van der Waals surface area contributed by atoms with E-state index in [0.29, 0.717) is 29.5 Å². The maximum atomic E-state index is 14.3. The van der Waals surface area contributed by atoms with Crippen LogP contribution in [-0.2, 0) is 4.79 Å². The molecule has 2 aromatic carbocycles. The van der Waals surface area contributed by atoms with Crippen molar-refractivity contribution in [1.29, 1.82) is 0 Å². The third-order valence-electron chi connectivity index (χ3n) is 5.23. The molecule has 32 heavy (non-hydrogen) atoms. The number of benzene rings is 2. The summed E-state index contributed by atoms with van der Waals surface area (Å²) in [7, 11) is 0. The van der Waals surface area contributed by atoms with Gasteiger partial charge in [-0.3, -0.25) is 4.79 Å². The van der Waals surface area contributed by atoms with Gasteiger partial charge in [0.05, 0.1) is 12.1 Å². The average Bonchev–Trinajstić information content (AvgIpc) is 2.80. The highest BCUT2D eigenvalue weighted by Crippen LogP contribution is 2.33. The standard InChI is InChI=1S/C24H24FN5O2/c1-2-21(31)30-13-17(25)12-18(14-30)29-24-22(23(26)27-15-28-24)16-8-10-20(11-9-16)32-19-6-4-3-5-7-19/h2-11,15,17-18H,1,12-14H2,(H3,26,27,28,29). The van der Waals surface area contributed by atoms with E-state index in [1.807, 2.05) is 54.6 Å². The second kappa shape index (κ2) is 9.47. The van der Waals surface area contributed by atoms with Crippen molar-refractivity contribution in [3.63, 3.8) is 0 Å². The molecule has 2 unspecified atom stereocenters. The van der Waals surface area contributed by atoms with E-state index in [2.05, 4.69) is 21.9 Å². The minimum Gasteiger partial charge on any atom is -0.457 e. The molecule has 164 valence electrons. The zero-order valence-electron chi connectivity index (χ0n) is 17.4. The lowest BCUT2D eigenvalue weighted by Gasteiger charge is -2.35. The quantitative estimate of drug-likeness (QED) is 0.570. The molecule has 7 nitrogen and oxygen atoms in total. The minimum absolute atomic E-state index is 0.0602. The zero-order valence-corrected chi connectivity index (χ0v) is 17.4. The van der Waals surface area contributed by atoms with E-state index in [1.54, 1.807) is 0 Å². The number of alkyl halides is 1. The zero-order chi connectivity index (χ0) is 22.5. The van der Waals surface area contributed by atoms with Gasteiger partial charge in [-0.25, -0.2) is 14.4 Å². The number of carbonyl (C=O) groups excluding carboxylic acids is 1. The van der Waals surface area contributed by atoms with E-state index in [1.165, 1.54) is 17.3 Å². The first-order chi connectivity index (χ1) is 15.5. The summed E-state index contributed by atoms with van der Waals surface area (Å²) in [5.74, 6) is 1.90. The van der Waals surface area contributed by atoms with E-state index >= 15 is 0 Å². The predicted octanol–water partition coefficient (Wildman–Crippen LogP) is 4.06. The van der Waals surface area contributed by atoms with Crippen LogP contribution in [0.4, 0.5) is 16.0 Å². The summed E-state index contributed by atoms with van der Waals surface area (Å²) >= 11 is 0. The lowest BCUT2D eigenvalue weighted by atomic mass is 10.0. The Hall–Kier alpha value is -3.94. The van der Waals surface area contributed by atoms with Gasteiger partial charge in [-0.2, -0.15) is 0 Å². The molecule has 1 saturated heterocycles. The lowest BCUT2D eigenvalue weighted by molar-refractivity contribution is -0.128. The Kier molecular flexibility index (Phi) is 6.30. The third kappa shape index (κ3) is 4.85. The molecule has 0 saturated carbocycles. The van der Waals surface area contributed by atoms with Crippen LogP contribution in [0, 0.1) is 0 Å². The maximum Gasteiger partial charge on any atom is 0.246 e. The van der Waals surface area contributed by atoms with Crippen molar-refractivity contribution in [3.8, 4) is 22.6 Å². The second-order valence-corrected chi connectivity index (χ2v) is 7.54. The minimum atomic E-state index is -1.14. The van der Waals surface area contributed by atoms with Crippen molar-refractivity contribution in [1.82, 2.24) is 14.9 Å². The van der Waals surface area contributed by atoms with Gasteiger partial charge in [0, 0.05) is 19.0 Å². The Bertz CT molecular complexity index is 1090. The van der Waals surface area contributed by atoms with Gasteiger partial charge in [-0.1, -0.05) is 36.9 Å². The molecule has 0 bridgehead atoms. The summed E-state index contributed by atoms with van der Waals surface area (Å²) in [6.45, 7) is 3.89. The van der Waals surface area contributed by atoms with Crippen molar-refractivity contribution in [2.75, 3.05) is 24.1 Å². The van der Waals surface area contributed by atoms with Crippen LogP contribution in [0.1, 0.15) is 6.42 Å². The number of nitrogen functional groups attached to an aromatic ring is 1. The van der Waals surface area contributed by atoms with E-state index < -0.39 is 6.17 Å². The van der Waals surface area contributed by atoms with Crippen LogP contribution >= 0.6 is 0 Å². The molecule has 8 heteroatoms. The summed E-state index contributed by atoms with van der Waals surface area (Å²) in [4.78, 5) is 21.9. The van der Waals surface area contributed by atoms with E-state index in [9.17, 15) is 9.18 Å². The molecule has 2 atom stereocenters. The lowest BCUT2D eigenvalue weighted by Crippen LogP contribution is -2.49. The molecule has 1 aromatic heterocycles. The molecule has 0 spiro atoms. The normalized spacial score (nSPS) is 18.1. The number of rotatable bonds is 6. The number of hydrogen-bond acceptors (Lipinski definition) is 6. The van der Waals surface area contributed by atoms with E-state index in [-0.39, 0.29) is 24.9 Å². The number of para-hydroxylation sites is 1. The highest BCUT2D eigenvalue weighted by molar-refractivity contribution is 5.87. The molecule has 1 amide bonds. The first-order valence-electron chi connectivity index (χ1n) is 10.3. The molecule has 3 aromatic rings. The fraction of sp³-hybridized carbons (Fsp3) is 0.208. The fourth-order valence-electron chi connectivity index (χ4n) is 3.75. The number of carbonyl (C=O) groups is 1. The number of amides is 1. The average molecular weight is 433 g/mol. The Morgan fingerprint density at radius 1 is 1.12 bits per heavy atom. The van der Waals surface area contributed by atoms with E-state index in [4.69, 9.17) is 10.5 Å². The van der Waals surface area contributed by atoms with Crippen molar-refractivity contribution >= 4 is 17.5 Å². The highest BCUT2D eigenvalue weighted by Gasteiger charge is 2.30. The molecule has 4 rings (SSSR count). The fourth-order valence-corrected chi connectivity index (χ4v) is 3.75. The second-order valence-electron chi connectivity index (χ2n) is 7.54. The number of aromatic nitrogens is 2. The largest absolute Gasteiger partial charge is 0.457 e. The number of hydrogen-bond donors (Lipinski definition) is 2. The SMILES string of the molecule is C=CC(=O)N1CC(F)CC(Nc2ncnc(N)c2-c2ccc(Oc3ccccc3)cc2)C1. The molecule has 3 N–H and O–H groups in total. The van der Waals surface area contributed by atoms with Gasteiger partial charge >= 0.3 is 0 Å². The van der Waals surface area contributed by atoms with Crippen LogP contribution in [-0.4, -0.2) is 46.1 Å². The predicted molar refractivity (Wildman–Crippen MR) is 122 cm³/mol. The van der Waals surface area contributed by atoms with Crippen LogP contribution in [0.15, 0.2) is 73.6 Å². The number of halogens is 1. The Labute approximate surface area is 185 Å². The molecular weight excluding hydrogens is 409 g/mol. The Morgan fingerprint density at radius 2 is 1.84 bits per heavy atom. The third-order valence-corrected chi connectivity index (χ3v) is 5.23. The van der Waals surface area contributed by atoms with Gasteiger partial charge < -0.3 is 20.7 Å². The molecule has 2 heterocycles. The molecule has 1 fully saturated rings. The van der Waals surface area contributed by atoms with Gasteiger partial charge in [-0.05, 0) is 35.9 Å². The summed E-state index contributed by atoms with van der Waals surface area (Å²) in [6, 6.07) is 16.6. The van der Waals surface area contributed by atoms with Crippen LogP contribution in [0.5, 0.6) is 11.5 Å². The highest BCUT2D eigenvalue weighted by atomic mass is 19.1. The van der Waals surface area contributed by atoms with Crippen molar-refractivity contribution in [2.24, 2.45) is 0 Å². The summed E-state index contributed by atoms with van der Waals surface area (Å²) in [5.41, 5.74) is 7.57. The first-order valence-corrected chi connectivity index (χ1v) is 10.3. The topological polar surface area (TPSA) is 93.4 Å². The van der Waals surface area contributed by atoms with Crippen LogP contribution in [0.2, 0.25) is 0 Å². The monoisotopic (exact) mass is 433 g/mol. The Balaban J connectivity index is 1.55. The molecule has 1 aliphatic rings. The molecular formula is C24H24FN5O2. The van der Waals surface area contributed by atoms with Gasteiger partial charge in [-0.15, -0.1) is 0 Å². The molecule has 1 aliphatic heterocycles. The van der Waals surface area contributed by atoms with Crippen molar-refractivity contribution < 1.29 is 13.9 Å². The summed E-state index contributed by atoms with van der Waals surface area (Å²) < 4.78 is 20.1. The number of piperidine rings is 1. The number of nitrogens with zero attached hydrogens (tertiary/aromatic N) is 3.